The molecule has 0 fully saturated rings. The van der Waals surface area contributed by atoms with Crippen molar-refractivity contribution in [1.29, 1.82) is 0 Å². The van der Waals surface area contributed by atoms with E-state index in [9.17, 15) is 0 Å². The van der Waals surface area contributed by atoms with Crippen molar-refractivity contribution in [3.8, 4) is 11.6 Å². The van der Waals surface area contributed by atoms with E-state index < -0.39 is 0 Å². The van der Waals surface area contributed by atoms with Gasteiger partial charge in [0.1, 0.15) is 11.4 Å². The molecule has 18 heavy (non-hydrogen) atoms. The van der Waals surface area contributed by atoms with Crippen LogP contribution in [-0.4, -0.2) is 9.78 Å². The second kappa shape index (κ2) is 5.17. The third-order valence-electron chi connectivity index (χ3n) is 2.59. The van der Waals surface area contributed by atoms with Crippen molar-refractivity contribution in [2.24, 2.45) is 0 Å². The zero-order chi connectivity index (χ0) is 13.3. The van der Waals surface area contributed by atoms with Crippen molar-refractivity contribution in [2.45, 2.75) is 26.8 Å². The van der Waals surface area contributed by atoms with Crippen LogP contribution in [-0.2, 0) is 0 Å². The first-order chi connectivity index (χ1) is 8.49. The molecule has 0 aliphatic heterocycles. The number of benzene rings is 1. The van der Waals surface area contributed by atoms with Crippen molar-refractivity contribution in [3.63, 3.8) is 0 Å². The van der Waals surface area contributed by atoms with Gasteiger partial charge in [-0.25, -0.2) is 4.68 Å². The number of anilines is 1. The molecule has 0 saturated heterocycles. The molecule has 0 atom stereocenters. The maximum absolute atomic E-state index is 6.02. The van der Waals surface area contributed by atoms with Gasteiger partial charge in [0, 0.05) is 3.57 Å². The number of hydrogen-bond donors (Lipinski definition) is 1. The Kier molecular flexibility index (Phi) is 3.79. The Morgan fingerprint density at radius 2 is 2.11 bits per heavy atom. The van der Waals surface area contributed by atoms with Crippen LogP contribution >= 0.6 is 22.6 Å². The zero-order valence-electron chi connectivity index (χ0n) is 10.6. The number of nitrogen functional groups attached to an aromatic ring is 1. The van der Waals surface area contributed by atoms with Gasteiger partial charge in [-0.05, 0) is 61.6 Å². The summed E-state index contributed by atoms with van der Waals surface area (Å²) in [5.41, 5.74) is 7.41. The van der Waals surface area contributed by atoms with Crippen LogP contribution in [0, 0.1) is 10.5 Å². The van der Waals surface area contributed by atoms with Gasteiger partial charge in [-0.3, -0.25) is 0 Å². The Morgan fingerprint density at radius 3 is 2.72 bits per heavy atom. The first-order valence-electron chi connectivity index (χ1n) is 5.77. The first kappa shape index (κ1) is 13.2. The number of aryl methyl sites for hydroxylation is 1. The Labute approximate surface area is 120 Å². The fraction of sp³-hybridized carbons (Fsp3) is 0.308. The first-order valence-corrected chi connectivity index (χ1v) is 6.85. The van der Waals surface area contributed by atoms with Gasteiger partial charge < -0.3 is 10.5 Å². The third-order valence-corrected chi connectivity index (χ3v) is 3.26. The van der Waals surface area contributed by atoms with E-state index in [-0.39, 0.29) is 6.04 Å². The lowest BCUT2D eigenvalue weighted by atomic mass is 10.3. The second-order valence-electron chi connectivity index (χ2n) is 4.40. The van der Waals surface area contributed by atoms with Crippen LogP contribution in [0.4, 0.5) is 5.69 Å². The van der Waals surface area contributed by atoms with Gasteiger partial charge in [-0.1, -0.05) is 6.07 Å². The van der Waals surface area contributed by atoms with Crippen molar-refractivity contribution in [2.75, 3.05) is 5.73 Å². The minimum atomic E-state index is 0.207. The number of rotatable bonds is 3. The van der Waals surface area contributed by atoms with Gasteiger partial charge in [-0.15, -0.1) is 0 Å². The fourth-order valence-corrected chi connectivity index (χ4v) is 2.15. The van der Waals surface area contributed by atoms with E-state index in [0.29, 0.717) is 11.6 Å². The van der Waals surface area contributed by atoms with Gasteiger partial charge >= 0.3 is 0 Å². The summed E-state index contributed by atoms with van der Waals surface area (Å²) in [4.78, 5) is 0. The molecule has 1 aromatic heterocycles. The van der Waals surface area contributed by atoms with Crippen LogP contribution in [0.2, 0.25) is 0 Å². The molecule has 0 radical (unpaired) electrons. The molecule has 0 spiro atoms. The van der Waals surface area contributed by atoms with Crippen LogP contribution in [0.5, 0.6) is 11.6 Å². The van der Waals surface area contributed by atoms with Crippen LogP contribution in [0.3, 0.4) is 0 Å². The molecular formula is C13H16IN3O. The second-order valence-corrected chi connectivity index (χ2v) is 5.65. The van der Waals surface area contributed by atoms with Crippen molar-refractivity contribution >= 4 is 28.3 Å². The lowest BCUT2D eigenvalue weighted by Gasteiger charge is -2.12. The van der Waals surface area contributed by atoms with E-state index in [0.717, 1.165) is 15.0 Å². The summed E-state index contributed by atoms with van der Waals surface area (Å²) >= 11 is 2.25. The molecule has 5 heteroatoms. The Hall–Kier alpha value is -1.24. The standard InChI is InChI=1S/C13H16IN3O/c1-8(2)17-13(12(15)9(3)16-17)18-11-6-4-5-10(14)7-11/h4-8H,15H2,1-3H3. The molecule has 4 nitrogen and oxygen atoms in total. The third kappa shape index (κ3) is 2.60. The molecule has 96 valence electrons. The normalized spacial score (nSPS) is 10.9. The maximum atomic E-state index is 6.02. The van der Waals surface area contributed by atoms with Gasteiger partial charge in [0.15, 0.2) is 0 Å². The van der Waals surface area contributed by atoms with Gasteiger partial charge in [0.2, 0.25) is 5.88 Å². The van der Waals surface area contributed by atoms with Gasteiger partial charge in [0.25, 0.3) is 0 Å². The molecule has 0 unspecified atom stereocenters. The van der Waals surface area contributed by atoms with Gasteiger partial charge in [-0.2, -0.15) is 5.10 Å². The molecule has 1 aromatic carbocycles. The van der Waals surface area contributed by atoms with E-state index in [2.05, 4.69) is 27.7 Å². The minimum absolute atomic E-state index is 0.207. The highest BCUT2D eigenvalue weighted by molar-refractivity contribution is 14.1. The Morgan fingerprint density at radius 1 is 1.39 bits per heavy atom. The quantitative estimate of drug-likeness (QED) is 0.852. The van der Waals surface area contributed by atoms with E-state index >= 15 is 0 Å². The molecule has 1 heterocycles. The van der Waals surface area contributed by atoms with Crippen LogP contribution in [0.1, 0.15) is 25.6 Å². The number of nitrogens with zero attached hydrogens (tertiary/aromatic N) is 2. The van der Waals surface area contributed by atoms with Crippen molar-refractivity contribution in [1.82, 2.24) is 9.78 Å². The van der Waals surface area contributed by atoms with Gasteiger partial charge in [0.05, 0.1) is 11.7 Å². The Bertz CT molecular complexity index is 563. The zero-order valence-corrected chi connectivity index (χ0v) is 12.8. The summed E-state index contributed by atoms with van der Waals surface area (Å²) in [6.07, 6.45) is 0. The summed E-state index contributed by atoms with van der Waals surface area (Å²) in [5.74, 6) is 1.39. The molecule has 2 N–H and O–H groups in total. The molecule has 0 aliphatic carbocycles. The molecule has 0 bridgehead atoms. The number of hydrogen-bond acceptors (Lipinski definition) is 3. The summed E-state index contributed by atoms with van der Waals surface area (Å²) in [6.45, 7) is 5.98. The molecular weight excluding hydrogens is 341 g/mol. The average Bonchev–Trinajstić information content (AvgIpc) is 2.57. The predicted octanol–water partition coefficient (Wildman–Crippen LogP) is 3.75. The number of aromatic nitrogens is 2. The molecule has 2 rings (SSSR count). The fourth-order valence-electron chi connectivity index (χ4n) is 1.63. The highest BCUT2D eigenvalue weighted by atomic mass is 127. The number of nitrogens with two attached hydrogens (primary N) is 1. The lowest BCUT2D eigenvalue weighted by Crippen LogP contribution is -2.05. The summed E-state index contributed by atoms with van der Waals surface area (Å²) in [7, 11) is 0. The molecule has 2 aromatic rings. The smallest absolute Gasteiger partial charge is 0.241 e. The van der Waals surface area contributed by atoms with Crippen LogP contribution < -0.4 is 10.5 Å². The van der Waals surface area contributed by atoms with Crippen LogP contribution in [0.25, 0.3) is 0 Å². The summed E-state index contributed by atoms with van der Waals surface area (Å²) in [5, 5.41) is 4.39. The summed E-state index contributed by atoms with van der Waals surface area (Å²) in [6, 6.07) is 8.05. The molecule has 0 saturated carbocycles. The topological polar surface area (TPSA) is 53.1 Å². The highest BCUT2D eigenvalue weighted by Gasteiger charge is 2.16. The van der Waals surface area contributed by atoms with E-state index in [4.69, 9.17) is 10.5 Å². The lowest BCUT2D eigenvalue weighted by molar-refractivity contribution is 0.389. The Balaban J connectivity index is 2.39. The molecule has 0 aliphatic rings. The SMILES string of the molecule is Cc1nn(C(C)C)c(Oc2cccc(I)c2)c1N. The largest absolute Gasteiger partial charge is 0.437 e. The number of ether oxygens (including phenoxy) is 1. The van der Waals surface area contributed by atoms with Crippen LogP contribution in [0.15, 0.2) is 24.3 Å². The maximum Gasteiger partial charge on any atom is 0.241 e. The van der Waals surface area contributed by atoms with Crippen molar-refractivity contribution < 1.29 is 4.74 Å². The van der Waals surface area contributed by atoms with E-state index in [1.54, 1.807) is 0 Å². The minimum Gasteiger partial charge on any atom is -0.437 e. The molecule has 0 amide bonds. The highest BCUT2D eigenvalue weighted by Crippen LogP contribution is 2.32. The predicted molar refractivity (Wildman–Crippen MR) is 81.0 cm³/mol. The average molecular weight is 357 g/mol. The van der Waals surface area contributed by atoms with E-state index in [1.807, 2.05) is 49.7 Å². The van der Waals surface area contributed by atoms with Crippen molar-refractivity contribution in [3.05, 3.63) is 33.5 Å². The summed E-state index contributed by atoms with van der Waals surface area (Å²) < 4.78 is 8.81. The number of halogens is 1. The monoisotopic (exact) mass is 357 g/mol. The van der Waals surface area contributed by atoms with E-state index in [1.165, 1.54) is 0 Å².